The van der Waals surface area contributed by atoms with E-state index >= 15 is 0 Å². The third-order valence-corrected chi connectivity index (χ3v) is 4.83. The Hall–Kier alpha value is -2.03. The Labute approximate surface area is 183 Å². The first-order valence-electron chi connectivity index (χ1n) is 9.40. The van der Waals surface area contributed by atoms with E-state index in [1.807, 2.05) is 24.3 Å². The number of halogens is 2. The largest absolute Gasteiger partial charge is 0.506 e. The Bertz CT molecular complexity index is 779. The Morgan fingerprint density at radius 2 is 1.86 bits per heavy atom. The number of aliphatic imine (C=N–C) groups is 1. The second kappa shape index (κ2) is 11.1. The van der Waals surface area contributed by atoms with Gasteiger partial charge in [0, 0.05) is 39.8 Å². The van der Waals surface area contributed by atoms with Gasteiger partial charge in [-0.15, -0.1) is 24.0 Å². The molecule has 0 unspecified atom stereocenters. The number of phenolic OH excluding ortho intramolecular Hbond substituents is 1. The van der Waals surface area contributed by atoms with Crippen molar-refractivity contribution in [1.29, 1.82) is 0 Å². The summed E-state index contributed by atoms with van der Waals surface area (Å²) in [5.74, 6) is 1.04. The zero-order valence-corrected chi connectivity index (χ0v) is 18.5. The monoisotopic (exact) mass is 498 g/mol. The molecule has 0 spiro atoms. The van der Waals surface area contributed by atoms with Gasteiger partial charge in [-0.25, -0.2) is 4.39 Å². The summed E-state index contributed by atoms with van der Waals surface area (Å²) >= 11 is 0. The first kappa shape index (κ1) is 22.3. The van der Waals surface area contributed by atoms with Gasteiger partial charge in [-0.05, 0) is 42.7 Å². The minimum absolute atomic E-state index is 0. The fourth-order valence-corrected chi connectivity index (χ4v) is 3.41. The first-order chi connectivity index (χ1) is 13.2. The molecule has 0 aliphatic carbocycles. The van der Waals surface area contributed by atoms with Gasteiger partial charge in [0.2, 0.25) is 0 Å². The second-order valence-corrected chi connectivity index (χ2v) is 6.67. The summed E-state index contributed by atoms with van der Waals surface area (Å²) in [6.45, 7) is 4.15. The molecule has 7 heteroatoms. The number of hydrogen-bond acceptors (Lipinski definition) is 3. The molecule has 0 atom stereocenters. The van der Waals surface area contributed by atoms with E-state index in [2.05, 4.69) is 20.1 Å². The quantitative estimate of drug-likeness (QED) is 0.287. The maximum atomic E-state index is 13.2. The number of anilines is 1. The highest BCUT2D eigenvalue weighted by Crippen LogP contribution is 2.27. The van der Waals surface area contributed by atoms with Crippen LogP contribution in [0.3, 0.4) is 0 Å². The van der Waals surface area contributed by atoms with Gasteiger partial charge in [0.05, 0.1) is 5.69 Å². The molecule has 0 bridgehead atoms. The number of nitrogens with one attached hydrogen (secondary N) is 1. The van der Waals surface area contributed by atoms with Crippen LogP contribution in [0.1, 0.15) is 12.0 Å². The van der Waals surface area contributed by atoms with Gasteiger partial charge in [0.1, 0.15) is 11.6 Å². The molecule has 1 aliphatic heterocycles. The number of guanidine groups is 1. The van der Waals surface area contributed by atoms with Gasteiger partial charge >= 0.3 is 0 Å². The van der Waals surface area contributed by atoms with Crippen LogP contribution in [-0.4, -0.2) is 55.7 Å². The van der Waals surface area contributed by atoms with E-state index in [1.165, 1.54) is 6.07 Å². The molecular formula is C21H28FIN4O. The van der Waals surface area contributed by atoms with Crippen LogP contribution >= 0.6 is 24.0 Å². The molecule has 0 radical (unpaired) electrons. The number of para-hydroxylation sites is 2. The van der Waals surface area contributed by atoms with Crippen molar-refractivity contribution in [3.8, 4) is 5.75 Å². The Morgan fingerprint density at radius 1 is 1.11 bits per heavy atom. The molecule has 2 aromatic rings. The minimum Gasteiger partial charge on any atom is -0.506 e. The lowest BCUT2D eigenvalue weighted by atomic mass is 10.1. The van der Waals surface area contributed by atoms with Gasteiger partial charge in [-0.2, -0.15) is 0 Å². The van der Waals surface area contributed by atoms with E-state index in [4.69, 9.17) is 0 Å². The highest BCUT2D eigenvalue weighted by molar-refractivity contribution is 14.0. The average molecular weight is 498 g/mol. The van der Waals surface area contributed by atoms with E-state index in [9.17, 15) is 9.50 Å². The van der Waals surface area contributed by atoms with Gasteiger partial charge in [-0.1, -0.05) is 24.3 Å². The van der Waals surface area contributed by atoms with E-state index in [0.29, 0.717) is 5.75 Å². The van der Waals surface area contributed by atoms with Crippen molar-refractivity contribution in [2.75, 3.05) is 44.7 Å². The number of phenols is 1. The molecule has 0 aromatic heterocycles. The van der Waals surface area contributed by atoms with Crippen molar-refractivity contribution < 1.29 is 9.50 Å². The number of nitrogens with zero attached hydrogens (tertiary/aromatic N) is 3. The number of aryl methyl sites for hydroxylation is 1. The molecule has 0 saturated carbocycles. The van der Waals surface area contributed by atoms with Crippen molar-refractivity contribution in [2.45, 2.75) is 12.8 Å². The molecule has 3 rings (SSSR count). The van der Waals surface area contributed by atoms with Crippen LogP contribution in [0, 0.1) is 5.82 Å². The summed E-state index contributed by atoms with van der Waals surface area (Å²) in [5.41, 5.74) is 1.90. The molecule has 1 fully saturated rings. The molecule has 1 aliphatic rings. The van der Waals surface area contributed by atoms with E-state index < -0.39 is 0 Å². The Balaban J connectivity index is 0.00000280. The van der Waals surface area contributed by atoms with E-state index in [-0.39, 0.29) is 29.8 Å². The zero-order chi connectivity index (χ0) is 19.1. The summed E-state index contributed by atoms with van der Waals surface area (Å²) < 4.78 is 13.2. The molecule has 1 heterocycles. The van der Waals surface area contributed by atoms with Crippen LogP contribution in [0.15, 0.2) is 53.5 Å². The Morgan fingerprint density at radius 3 is 2.54 bits per heavy atom. The fourth-order valence-electron chi connectivity index (χ4n) is 3.41. The second-order valence-electron chi connectivity index (χ2n) is 6.67. The Kier molecular flexibility index (Phi) is 8.82. The number of hydrogen-bond donors (Lipinski definition) is 2. The normalized spacial score (nSPS) is 14.6. The molecule has 1 saturated heterocycles. The van der Waals surface area contributed by atoms with Gasteiger partial charge < -0.3 is 20.2 Å². The van der Waals surface area contributed by atoms with Crippen LogP contribution in [0.5, 0.6) is 5.75 Å². The number of aromatic hydroxyl groups is 1. The molecule has 5 nitrogen and oxygen atoms in total. The standard InChI is InChI=1S/C21H27FN4O.HI/c1-23-21(24-11-5-7-17-6-4-8-18(22)16-17)26-14-12-25(13-15-26)19-9-2-3-10-20(19)27;/h2-4,6,8-10,16,27H,5,7,11-15H2,1H3,(H,23,24);1H. The molecule has 152 valence electrons. The molecular weight excluding hydrogens is 470 g/mol. The maximum absolute atomic E-state index is 13.2. The molecule has 0 amide bonds. The van der Waals surface area contributed by atoms with Gasteiger partial charge in [0.15, 0.2) is 5.96 Å². The lowest BCUT2D eigenvalue weighted by Crippen LogP contribution is -2.52. The molecule has 2 N–H and O–H groups in total. The average Bonchev–Trinajstić information content (AvgIpc) is 2.69. The van der Waals surface area contributed by atoms with Crippen molar-refractivity contribution in [3.05, 3.63) is 59.9 Å². The maximum Gasteiger partial charge on any atom is 0.193 e. The highest BCUT2D eigenvalue weighted by Gasteiger charge is 2.21. The van der Waals surface area contributed by atoms with Crippen LogP contribution in [0.25, 0.3) is 0 Å². The zero-order valence-electron chi connectivity index (χ0n) is 16.1. The summed E-state index contributed by atoms with van der Waals surface area (Å²) in [4.78, 5) is 8.82. The number of rotatable bonds is 5. The van der Waals surface area contributed by atoms with E-state index in [1.54, 1.807) is 25.2 Å². The number of benzene rings is 2. The van der Waals surface area contributed by atoms with Crippen molar-refractivity contribution >= 4 is 35.6 Å². The predicted octanol–water partition coefficient (Wildman–Crippen LogP) is 3.48. The lowest BCUT2D eigenvalue weighted by Gasteiger charge is -2.37. The van der Waals surface area contributed by atoms with Crippen molar-refractivity contribution in [3.63, 3.8) is 0 Å². The predicted molar refractivity (Wildman–Crippen MR) is 123 cm³/mol. The van der Waals surface area contributed by atoms with Crippen molar-refractivity contribution in [1.82, 2.24) is 10.2 Å². The highest BCUT2D eigenvalue weighted by atomic mass is 127. The number of piperazine rings is 1. The van der Waals surface area contributed by atoms with Crippen LogP contribution < -0.4 is 10.2 Å². The molecule has 28 heavy (non-hydrogen) atoms. The lowest BCUT2D eigenvalue weighted by molar-refractivity contribution is 0.369. The van der Waals surface area contributed by atoms with Gasteiger partial charge in [-0.3, -0.25) is 4.99 Å². The third-order valence-electron chi connectivity index (χ3n) is 4.83. The third kappa shape index (κ3) is 5.98. The topological polar surface area (TPSA) is 51.1 Å². The summed E-state index contributed by atoms with van der Waals surface area (Å²) in [6, 6.07) is 14.2. The smallest absolute Gasteiger partial charge is 0.193 e. The van der Waals surface area contributed by atoms with Crippen LogP contribution in [-0.2, 0) is 6.42 Å². The SMILES string of the molecule is CN=C(NCCCc1cccc(F)c1)N1CCN(c2ccccc2O)CC1.I. The first-order valence-corrected chi connectivity index (χ1v) is 9.40. The minimum atomic E-state index is -0.182. The fraction of sp³-hybridized carbons (Fsp3) is 0.381. The van der Waals surface area contributed by atoms with Crippen molar-refractivity contribution in [2.24, 2.45) is 4.99 Å². The molecule has 2 aromatic carbocycles. The van der Waals surface area contributed by atoms with E-state index in [0.717, 1.165) is 62.8 Å². The van der Waals surface area contributed by atoms with Crippen LogP contribution in [0.2, 0.25) is 0 Å². The summed E-state index contributed by atoms with van der Waals surface area (Å²) in [7, 11) is 1.80. The van der Waals surface area contributed by atoms with Gasteiger partial charge in [0.25, 0.3) is 0 Å². The summed E-state index contributed by atoms with van der Waals surface area (Å²) in [5, 5.41) is 13.4. The summed E-state index contributed by atoms with van der Waals surface area (Å²) in [6.07, 6.45) is 1.75. The van der Waals surface area contributed by atoms with Crippen LogP contribution in [0.4, 0.5) is 10.1 Å².